The van der Waals surface area contributed by atoms with Crippen LogP contribution in [0.4, 0.5) is 0 Å². The Morgan fingerprint density at radius 2 is 2.27 bits per heavy atom. The van der Waals surface area contributed by atoms with Gasteiger partial charge in [-0.15, -0.1) is 23.1 Å². The Labute approximate surface area is 161 Å². The molecule has 0 spiro atoms. The number of aromatic amines is 1. The van der Waals surface area contributed by atoms with E-state index in [1.165, 1.54) is 23.1 Å². The van der Waals surface area contributed by atoms with E-state index in [2.05, 4.69) is 22.1 Å². The first kappa shape index (κ1) is 19.2. The van der Waals surface area contributed by atoms with Crippen LogP contribution in [-0.2, 0) is 15.3 Å². The van der Waals surface area contributed by atoms with E-state index in [1.807, 2.05) is 20.8 Å². The summed E-state index contributed by atoms with van der Waals surface area (Å²) >= 11 is 2.97. The number of aromatic nitrogens is 2. The third-order valence-electron chi connectivity index (χ3n) is 4.73. The number of nitrogens with one attached hydrogen (secondary N) is 1. The second kappa shape index (κ2) is 8.39. The van der Waals surface area contributed by atoms with Gasteiger partial charge in [-0.25, -0.2) is 4.98 Å². The molecular weight excluding hydrogens is 368 g/mol. The van der Waals surface area contributed by atoms with Gasteiger partial charge < -0.3 is 9.72 Å². The van der Waals surface area contributed by atoms with E-state index in [0.29, 0.717) is 29.5 Å². The highest BCUT2D eigenvalue weighted by molar-refractivity contribution is 7.99. The molecule has 0 amide bonds. The summed E-state index contributed by atoms with van der Waals surface area (Å²) in [4.78, 5) is 33.7. The van der Waals surface area contributed by atoms with Crippen LogP contribution in [0.1, 0.15) is 42.5 Å². The molecule has 0 saturated heterocycles. The lowest BCUT2D eigenvalue weighted by atomic mass is 9.95. The first-order chi connectivity index (χ1) is 12.5. The maximum absolute atomic E-state index is 12.3. The number of hydrogen-bond acceptors (Lipinski definition) is 6. The van der Waals surface area contributed by atoms with Gasteiger partial charge in [-0.1, -0.05) is 12.2 Å². The summed E-state index contributed by atoms with van der Waals surface area (Å²) in [6.45, 7) is 6.27. The zero-order chi connectivity index (χ0) is 18.7. The molecule has 2 unspecified atom stereocenters. The Morgan fingerprint density at radius 1 is 1.46 bits per heavy atom. The molecule has 2 aromatic heterocycles. The van der Waals surface area contributed by atoms with Crippen molar-refractivity contribution in [3.05, 3.63) is 38.8 Å². The van der Waals surface area contributed by atoms with Crippen LogP contribution < -0.4 is 5.56 Å². The molecule has 5 nitrogen and oxygen atoms in total. The minimum Gasteiger partial charge on any atom is -0.465 e. The van der Waals surface area contributed by atoms with Crippen LogP contribution >= 0.6 is 23.1 Å². The molecular formula is C19H24N2O3S2. The molecule has 0 bridgehead atoms. The molecule has 0 fully saturated rings. The average molecular weight is 393 g/mol. The van der Waals surface area contributed by atoms with Gasteiger partial charge in [0, 0.05) is 4.88 Å². The summed E-state index contributed by atoms with van der Waals surface area (Å²) in [6, 6.07) is 0. The molecule has 2 heterocycles. The van der Waals surface area contributed by atoms with Gasteiger partial charge in [0.2, 0.25) is 0 Å². The standard InChI is InChI=1S/C19H24N2O3S2/c1-11-12(2)26-18-16(11)17(22)20-15(21-18)10-25-13(3)19(23)24-9-14-7-5-4-6-8-14/h4-5,13-14H,6-10H2,1-3H3,(H,20,21,22). The van der Waals surface area contributed by atoms with Crippen molar-refractivity contribution in [2.24, 2.45) is 5.92 Å². The minimum atomic E-state index is -0.290. The summed E-state index contributed by atoms with van der Waals surface area (Å²) in [5.74, 6) is 1.32. The first-order valence-corrected chi connectivity index (χ1v) is 10.7. The van der Waals surface area contributed by atoms with Gasteiger partial charge in [0.15, 0.2) is 0 Å². The van der Waals surface area contributed by atoms with Crippen molar-refractivity contribution in [3.63, 3.8) is 0 Å². The summed E-state index contributed by atoms with van der Waals surface area (Å²) in [6.07, 6.45) is 7.47. The molecule has 1 N–H and O–H groups in total. The van der Waals surface area contributed by atoms with Crippen molar-refractivity contribution in [2.45, 2.75) is 51.0 Å². The molecule has 0 aliphatic heterocycles. The number of rotatable bonds is 6. The van der Waals surface area contributed by atoms with Gasteiger partial charge in [0.1, 0.15) is 15.9 Å². The zero-order valence-electron chi connectivity index (χ0n) is 15.3. The number of fused-ring (bicyclic) bond motifs is 1. The lowest BCUT2D eigenvalue weighted by Crippen LogP contribution is -2.22. The minimum absolute atomic E-state index is 0.104. The lowest BCUT2D eigenvalue weighted by Gasteiger charge is -2.18. The summed E-state index contributed by atoms with van der Waals surface area (Å²) in [7, 11) is 0. The highest BCUT2D eigenvalue weighted by atomic mass is 32.2. The van der Waals surface area contributed by atoms with E-state index in [0.717, 1.165) is 34.5 Å². The normalized spacial score (nSPS) is 18.2. The van der Waals surface area contributed by atoms with Crippen molar-refractivity contribution in [1.82, 2.24) is 9.97 Å². The van der Waals surface area contributed by atoms with E-state index in [-0.39, 0.29) is 16.8 Å². The average Bonchev–Trinajstić information content (AvgIpc) is 2.92. The summed E-state index contributed by atoms with van der Waals surface area (Å²) in [5, 5.41) is 0.386. The molecule has 7 heteroatoms. The Bertz CT molecular complexity index is 885. The number of thiophene rings is 1. The fourth-order valence-corrected chi connectivity index (χ4v) is 4.76. The smallest absolute Gasteiger partial charge is 0.318 e. The van der Waals surface area contributed by atoms with Gasteiger partial charge in [-0.2, -0.15) is 0 Å². The molecule has 2 aromatic rings. The van der Waals surface area contributed by atoms with E-state index >= 15 is 0 Å². The molecule has 2 atom stereocenters. The van der Waals surface area contributed by atoms with E-state index in [4.69, 9.17) is 4.74 Å². The predicted molar refractivity (Wildman–Crippen MR) is 108 cm³/mol. The van der Waals surface area contributed by atoms with Crippen LogP contribution in [0, 0.1) is 19.8 Å². The molecule has 0 aromatic carbocycles. The van der Waals surface area contributed by atoms with Gasteiger partial charge in [-0.05, 0) is 51.5 Å². The van der Waals surface area contributed by atoms with Crippen LogP contribution in [0.3, 0.4) is 0 Å². The Balaban J connectivity index is 1.56. The van der Waals surface area contributed by atoms with Crippen molar-refractivity contribution in [3.8, 4) is 0 Å². The second-order valence-electron chi connectivity index (χ2n) is 6.71. The van der Waals surface area contributed by atoms with Crippen molar-refractivity contribution < 1.29 is 9.53 Å². The molecule has 1 aliphatic carbocycles. The van der Waals surface area contributed by atoms with Crippen molar-refractivity contribution in [2.75, 3.05) is 6.61 Å². The fourth-order valence-electron chi connectivity index (χ4n) is 2.96. The SMILES string of the molecule is Cc1sc2nc(CSC(C)C(=O)OCC3CC=CCC3)[nH]c(=O)c2c1C. The van der Waals surface area contributed by atoms with Crippen LogP contribution in [0.25, 0.3) is 10.2 Å². The number of thioether (sulfide) groups is 1. The van der Waals surface area contributed by atoms with E-state index in [1.54, 1.807) is 0 Å². The van der Waals surface area contributed by atoms with Crippen molar-refractivity contribution in [1.29, 1.82) is 0 Å². The van der Waals surface area contributed by atoms with E-state index < -0.39 is 0 Å². The monoisotopic (exact) mass is 392 g/mol. The van der Waals surface area contributed by atoms with Crippen molar-refractivity contribution >= 4 is 39.3 Å². The Hall–Kier alpha value is -1.60. The zero-order valence-corrected chi connectivity index (χ0v) is 17.0. The van der Waals surface area contributed by atoms with E-state index in [9.17, 15) is 9.59 Å². The largest absolute Gasteiger partial charge is 0.465 e. The third kappa shape index (κ3) is 4.38. The van der Waals surface area contributed by atoms with Crippen LogP contribution in [-0.4, -0.2) is 27.8 Å². The van der Waals surface area contributed by atoms with Crippen LogP contribution in [0.15, 0.2) is 16.9 Å². The summed E-state index contributed by atoms with van der Waals surface area (Å²) in [5.41, 5.74) is 0.889. The molecule has 26 heavy (non-hydrogen) atoms. The number of allylic oxidation sites excluding steroid dienone is 2. The lowest BCUT2D eigenvalue weighted by molar-refractivity contribution is -0.144. The maximum atomic E-state index is 12.3. The van der Waals surface area contributed by atoms with Gasteiger partial charge >= 0.3 is 5.97 Å². The summed E-state index contributed by atoms with van der Waals surface area (Å²) < 4.78 is 5.46. The fraction of sp³-hybridized carbons (Fsp3) is 0.526. The molecule has 1 aliphatic rings. The predicted octanol–water partition coefficient (Wildman–Crippen LogP) is 4.12. The van der Waals surface area contributed by atoms with Crippen LogP contribution in [0.5, 0.6) is 0 Å². The molecule has 0 radical (unpaired) electrons. The highest BCUT2D eigenvalue weighted by Gasteiger charge is 2.19. The number of carbonyl (C=O) groups excluding carboxylic acids is 1. The number of hydrogen-bond donors (Lipinski definition) is 1. The van der Waals surface area contributed by atoms with Gasteiger partial charge in [0.25, 0.3) is 5.56 Å². The molecule has 0 saturated carbocycles. The third-order valence-corrected chi connectivity index (χ3v) is 6.96. The number of esters is 1. The Morgan fingerprint density at radius 3 is 3.00 bits per heavy atom. The molecule has 140 valence electrons. The Kier molecular flexibility index (Phi) is 6.19. The topological polar surface area (TPSA) is 72.0 Å². The quantitative estimate of drug-likeness (QED) is 0.591. The molecule has 3 rings (SSSR count). The number of nitrogens with zero attached hydrogens (tertiary/aromatic N) is 1. The van der Waals surface area contributed by atoms with Crippen LogP contribution in [0.2, 0.25) is 0 Å². The number of H-pyrrole nitrogens is 1. The highest BCUT2D eigenvalue weighted by Crippen LogP contribution is 2.27. The number of carbonyl (C=O) groups is 1. The number of aryl methyl sites for hydroxylation is 2. The number of ether oxygens (including phenoxy) is 1. The maximum Gasteiger partial charge on any atom is 0.318 e. The second-order valence-corrected chi connectivity index (χ2v) is 9.24. The first-order valence-electron chi connectivity index (χ1n) is 8.88. The van der Waals surface area contributed by atoms with Gasteiger partial charge in [-0.3, -0.25) is 9.59 Å². The van der Waals surface area contributed by atoms with Gasteiger partial charge in [0.05, 0.1) is 17.7 Å².